The lowest BCUT2D eigenvalue weighted by atomic mass is 9.98. The Morgan fingerprint density at radius 2 is 1.22 bits per heavy atom. The number of anilines is 3. The molecule has 4 heteroatoms. The minimum absolute atomic E-state index is 0.336. The fourth-order valence-corrected chi connectivity index (χ4v) is 6.75. The predicted octanol–water partition coefficient (Wildman–Crippen LogP) is 11.3. The standard InChI is InChI=1S/C42H30N2O2/c1-44(36-25-31-17-9-8-16-30(31)24-34(36)27-12-4-2-5-13-27)32-22-20-29(21-23-32)42-43-40-35(28-14-6-3-7-15-28)26-38-39(41(40)46-42)33-18-10-11-19-37(33)45-38/h2-26,42-43H,1H3. The number of fused-ring (bicyclic) bond motifs is 6. The van der Waals surface area contributed by atoms with Gasteiger partial charge in [0, 0.05) is 40.5 Å². The Morgan fingerprint density at radius 1 is 0.587 bits per heavy atom. The molecule has 1 atom stereocenters. The maximum atomic E-state index is 6.76. The molecular formula is C42H30N2O2. The Labute approximate surface area is 267 Å². The third kappa shape index (κ3) is 4.30. The van der Waals surface area contributed by atoms with Crippen LogP contribution in [-0.4, -0.2) is 7.05 Å². The van der Waals surface area contributed by atoms with Crippen molar-refractivity contribution in [3.63, 3.8) is 0 Å². The summed E-state index contributed by atoms with van der Waals surface area (Å²) >= 11 is 0. The van der Waals surface area contributed by atoms with Gasteiger partial charge in [-0.15, -0.1) is 0 Å². The molecular weight excluding hydrogens is 564 g/mol. The molecule has 0 fully saturated rings. The molecule has 1 aliphatic heterocycles. The van der Waals surface area contributed by atoms with Crippen LogP contribution in [-0.2, 0) is 0 Å². The molecule has 0 radical (unpaired) electrons. The largest absolute Gasteiger partial charge is 0.463 e. The topological polar surface area (TPSA) is 37.6 Å². The van der Waals surface area contributed by atoms with Crippen molar-refractivity contribution < 1.29 is 9.15 Å². The second-order valence-corrected chi connectivity index (χ2v) is 11.8. The molecule has 0 saturated heterocycles. The summed E-state index contributed by atoms with van der Waals surface area (Å²) in [6.07, 6.45) is -0.336. The molecule has 1 N–H and O–H groups in total. The van der Waals surface area contributed by atoms with Crippen molar-refractivity contribution in [2.24, 2.45) is 0 Å². The van der Waals surface area contributed by atoms with Crippen molar-refractivity contribution in [3.8, 4) is 28.0 Å². The van der Waals surface area contributed by atoms with E-state index in [1.54, 1.807) is 0 Å². The summed E-state index contributed by atoms with van der Waals surface area (Å²) in [7, 11) is 2.14. The highest BCUT2D eigenvalue weighted by Crippen LogP contribution is 2.51. The lowest BCUT2D eigenvalue weighted by Crippen LogP contribution is -2.13. The van der Waals surface area contributed by atoms with Crippen molar-refractivity contribution in [3.05, 3.63) is 157 Å². The van der Waals surface area contributed by atoms with Gasteiger partial charge in [0.1, 0.15) is 11.2 Å². The average Bonchev–Trinajstić information content (AvgIpc) is 3.73. The number of benzene rings is 7. The molecule has 7 aromatic carbocycles. The van der Waals surface area contributed by atoms with E-state index in [0.29, 0.717) is 0 Å². The monoisotopic (exact) mass is 594 g/mol. The smallest absolute Gasteiger partial charge is 0.196 e. The van der Waals surface area contributed by atoms with E-state index in [1.165, 1.54) is 21.9 Å². The molecule has 46 heavy (non-hydrogen) atoms. The summed E-state index contributed by atoms with van der Waals surface area (Å²) in [6, 6.07) is 53.1. The molecule has 1 aromatic heterocycles. The first-order chi connectivity index (χ1) is 22.7. The second kappa shape index (κ2) is 10.6. The van der Waals surface area contributed by atoms with Crippen LogP contribution in [0.25, 0.3) is 55.0 Å². The highest BCUT2D eigenvalue weighted by Gasteiger charge is 2.31. The number of para-hydroxylation sites is 1. The Morgan fingerprint density at radius 3 is 1.96 bits per heavy atom. The molecule has 4 nitrogen and oxygen atoms in total. The fraction of sp³-hybridized carbons (Fsp3) is 0.0476. The van der Waals surface area contributed by atoms with Gasteiger partial charge in [-0.05, 0) is 58.3 Å². The van der Waals surface area contributed by atoms with Gasteiger partial charge in [-0.25, -0.2) is 0 Å². The molecule has 8 aromatic rings. The van der Waals surface area contributed by atoms with Gasteiger partial charge < -0.3 is 19.4 Å². The van der Waals surface area contributed by atoms with Crippen LogP contribution in [0, 0.1) is 0 Å². The summed E-state index contributed by atoms with van der Waals surface area (Å²) in [5, 5.41) is 8.22. The first-order valence-electron chi connectivity index (χ1n) is 15.6. The van der Waals surface area contributed by atoms with Crippen molar-refractivity contribution >= 4 is 49.8 Å². The van der Waals surface area contributed by atoms with E-state index in [2.05, 4.69) is 145 Å². The molecule has 1 aliphatic rings. The van der Waals surface area contributed by atoms with Gasteiger partial charge in [-0.1, -0.05) is 115 Å². The van der Waals surface area contributed by atoms with E-state index >= 15 is 0 Å². The molecule has 0 bridgehead atoms. The highest BCUT2D eigenvalue weighted by molar-refractivity contribution is 6.13. The zero-order valence-electron chi connectivity index (χ0n) is 25.3. The van der Waals surface area contributed by atoms with Crippen molar-refractivity contribution in [1.29, 1.82) is 0 Å². The summed E-state index contributed by atoms with van der Waals surface area (Å²) < 4.78 is 13.1. The average molecular weight is 595 g/mol. The van der Waals surface area contributed by atoms with Crippen molar-refractivity contribution in [1.82, 2.24) is 0 Å². The summed E-state index contributed by atoms with van der Waals surface area (Å²) in [6.45, 7) is 0. The molecule has 9 rings (SSSR count). The van der Waals surface area contributed by atoms with Crippen molar-refractivity contribution in [2.75, 3.05) is 17.3 Å². The predicted molar refractivity (Wildman–Crippen MR) is 190 cm³/mol. The van der Waals surface area contributed by atoms with Crippen LogP contribution >= 0.6 is 0 Å². The molecule has 0 amide bonds. The Hall–Kier alpha value is -6.00. The van der Waals surface area contributed by atoms with Gasteiger partial charge in [-0.3, -0.25) is 0 Å². The Bertz CT molecular complexity index is 2380. The summed E-state index contributed by atoms with van der Waals surface area (Å²) in [4.78, 5) is 2.27. The summed E-state index contributed by atoms with van der Waals surface area (Å²) in [5.74, 6) is 0.830. The van der Waals surface area contributed by atoms with Crippen LogP contribution in [0.5, 0.6) is 5.75 Å². The maximum absolute atomic E-state index is 6.76. The van der Waals surface area contributed by atoms with E-state index in [4.69, 9.17) is 9.15 Å². The molecule has 220 valence electrons. The number of rotatable bonds is 5. The maximum Gasteiger partial charge on any atom is 0.196 e. The quantitative estimate of drug-likeness (QED) is 0.215. The van der Waals surface area contributed by atoms with Crippen LogP contribution in [0.15, 0.2) is 156 Å². The van der Waals surface area contributed by atoms with Gasteiger partial charge in [0.15, 0.2) is 12.0 Å². The SMILES string of the molecule is CN(c1ccc(C2Nc3c(-c4ccccc4)cc4oc5ccccc5c4c3O2)cc1)c1cc2ccccc2cc1-c1ccccc1. The van der Waals surface area contributed by atoms with E-state index in [1.807, 2.05) is 24.3 Å². The highest BCUT2D eigenvalue weighted by atomic mass is 16.5. The number of ether oxygens (including phenoxy) is 1. The molecule has 2 heterocycles. The first kappa shape index (κ1) is 26.4. The molecule has 0 spiro atoms. The van der Waals surface area contributed by atoms with Gasteiger partial charge in [0.05, 0.1) is 11.1 Å². The third-order valence-electron chi connectivity index (χ3n) is 9.11. The van der Waals surface area contributed by atoms with Crippen LogP contribution < -0.4 is 15.0 Å². The second-order valence-electron chi connectivity index (χ2n) is 11.8. The Kier molecular flexibility index (Phi) is 6.07. The van der Waals surface area contributed by atoms with E-state index in [-0.39, 0.29) is 6.23 Å². The zero-order chi connectivity index (χ0) is 30.6. The van der Waals surface area contributed by atoms with Crippen LogP contribution in [0.1, 0.15) is 11.8 Å². The van der Waals surface area contributed by atoms with Crippen molar-refractivity contribution in [2.45, 2.75) is 6.23 Å². The minimum Gasteiger partial charge on any atom is -0.463 e. The van der Waals surface area contributed by atoms with Gasteiger partial charge >= 0.3 is 0 Å². The van der Waals surface area contributed by atoms with Gasteiger partial charge in [0.25, 0.3) is 0 Å². The van der Waals surface area contributed by atoms with E-state index < -0.39 is 0 Å². The summed E-state index contributed by atoms with van der Waals surface area (Å²) in [5.41, 5.74) is 10.5. The number of hydrogen-bond donors (Lipinski definition) is 1. The minimum atomic E-state index is -0.336. The van der Waals surface area contributed by atoms with Crippen LogP contribution in [0.2, 0.25) is 0 Å². The lowest BCUT2D eigenvalue weighted by Gasteiger charge is -2.24. The molecule has 1 unspecified atom stereocenters. The molecule has 0 aliphatic carbocycles. The lowest BCUT2D eigenvalue weighted by molar-refractivity contribution is 0.263. The normalized spacial score (nSPS) is 13.9. The Balaban J connectivity index is 1.09. The number of nitrogens with zero attached hydrogens (tertiary/aromatic N) is 1. The van der Waals surface area contributed by atoms with Gasteiger partial charge in [0.2, 0.25) is 0 Å². The number of furan rings is 1. The van der Waals surface area contributed by atoms with Crippen LogP contribution in [0.4, 0.5) is 17.1 Å². The number of hydrogen-bond acceptors (Lipinski definition) is 4. The van der Waals surface area contributed by atoms with E-state index in [0.717, 1.165) is 61.4 Å². The fourth-order valence-electron chi connectivity index (χ4n) is 6.75. The van der Waals surface area contributed by atoms with Gasteiger partial charge in [-0.2, -0.15) is 0 Å². The zero-order valence-corrected chi connectivity index (χ0v) is 25.3. The first-order valence-corrected chi connectivity index (χ1v) is 15.6. The van der Waals surface area contributed by atoms with Crippen LogP contribution in [0.3, 0.4) is 0 Å². The third-order valence-corrected chi connectivity index (χ3v) is 9.11. The number of nitrogens with one attached hydrogen (secondary N) is 1. The molecule has 0 saturated carbocycles. The van der Waals surface area contributed by atoms with E-state index in [9.17, 15) is 0 Å².